The number of amides is 1. The maximum atomic E-state index is 15.0. The third-order valence-electron chi connectivity index (χ3n) is 5.17. The van der Waals surface area contributed by atoms with Crippen molar-refractivity contribution in [2.45, 2.75) is 39.5 Å². The number of nitrogens with one attached hydrogen (secondary N) is 1. The molecule has 2 N–H and O–H groups in total. The fourth-order valence-corrected chi connectivity index (χ4v) is 3.91. The predicted octanol–water partition coefficient (Wildman–Crippen LogP) is 6.90. The number of unbranched alkanes of at least 4 members (excludes halogenated alkanes) is 3. The summed E-state index contributed by atoms with van der Waals surface area (Å²) in [6.07, 6.45) is 4.62. The number of aliphatic carboxylic acids is 1. The number of hydrogen-bond acceptors (Lipinski definition) is 4. The predicted molar refractivity (Wildman–Crippen MR) is 134 cm³/mol. The normalized spacial score (nSPS) is 11.1. The van der Waals surface area contributed by atoms with Crippen LogP contribution in [0.1, 0.15) is 61.0 Å². The Kier molecular flexibility index (Phi) is 9.03. The highest BCUT2D eigenvalue weighted by Gasteiger charge is 2.18. The monoisotopic (exact) mass is 512 g/mol. The van der Waals surface area contributed by atoms with Crippen LogP contribution in [0.25, 0.3) is 17.3 Å². The minimum atomic E-state index is -1.32. The van der Waals surface area contributed by atoms with Crippen molar-refractivity contribution in [1.82, 2.24) is 4.98 Å². The second-order valence-corrected chi connectivity index (χ2v) is 8.76. The number of carbonyl (C=O) groups is 2. The molecule has 0 aliphatic rings. The van der Waals surface area contributed by atoms with Crippen molar-refractivity contribution < 1.29 is 27.9 Å². The fraction of sp³-hybridized carbons (Fsp3) is 0.222. The van der Waals surface area contributed by atoms with Gasteiger partial charge in [0, 0.05) is 34.1 Å². The molecular formula is C27H23F3N2O3S. The highest BCUT2D eigenvalue weighted by molar-refractivity contribution is 7.14. The number of anilines is 1. The summed E-state index contributed by atoms with van der Waals surface area (Å²) in [5, 5.41) is 13.0. The number of carboxylic acid groups (broad SMARTS) is 1. The molecule has 0 atom stereocenters. The van der Waals surface area contributed by atoms with E-state index in [1.165, 1.54) is 6.92 Å². The van der Waals surface area contributed by atoms with Gasteiger partial charge in [-0.15, -0.1) is 11.3 Å². The van der Waals surface area contributed by atoms with Crippen LogP contribution in [-0.4, -0.2) is 22.0 Å². The lowest BCUT2D eigenvalue weighted by atomic mass is 10.1. The average Bonchev–Trinajstić information content (AvgIpc) is 3.29. The van der Waals surface area contributed by atoms with Crippen LogP contribution in [0.2, 0.25) is 0 Å². The summed E-state index contributed by atoms with van der Waals surface area (Å²) in [5.41, 5.74) is -0.399. The number of rotatable bonds is 8. The molecule has 9 heteroatoms. The first-order chi connectivity index (χ1) is 17.2. The van der Waals surface area contributed by atoms with Crippen LogP contribution in [0, 0.1) is 29.3 Å². The van der Waals surface area contributed by atoms with Gasteiger partial charge in [-0.2, -0.15) is 0 Å². The Bertz CT molecular complexity index is 1360. The quantitative estimate of drug-likeness (QED) is 0.196. The number of hydrogen-bond donors (Lipinski definition) is 2. The molecule has 0 fully saturated rings. The number of carbonyl (C=O) groups excluding carboxylic acids is 1. The lowest BCUT2D eigenvalue weighted by Gasteiger charge is -2.06. The van der Waals surface area contributed by atoms with Gasteiger partial charge in [0.1, 0.15) is 17.5 Å². The van der Waals surface area contributed by atoms with Crippen molar-refractivity contribution in [3.63, 3.8) is 0 Å². The number of benzene rings is 2. The van der Waals surface area contributed by atoms with Crippen LogP contribution in [0.3, 0.4) is 0 Å². The van der Waals surface area contributed by atoms with Crippen LogP contribution in [0.5, 0.6) is 0 Å². The molecule has 36 heavy (non-hydrogen) atoms. The van der Waals surface area contributed by atoms with Gasteiger partial charge in [-0.1, -0.05) is 37.7 Å². The number of aromatic nitrogens is 1. The molecule has 0 saturated heterocycles. The summed E-state index contributed by atoms with van der Waals surface area (Å²) in [4.78, 5) is 27.7. The zero-order valence-corrected chi connectivity index (χ0v) is 20.4. The van der Waals surface area contributed by atoms with Crippen LogP contribution in [0.4, 0.5) is 18.3 Å². The summed E-state index contributed by atoms with van der Waals surface area (Å²) in [6.45, 7) is 3.29. The van der Waals surface area contributed by atoms with Gasteiger partial charge in [0.05, 0.1) is 11.3 Å². The van der Waals surface area contributed by atoms with Crippen molar-refractivity contribution in [2.75, 3.05) is 5.32 Å². The summed E-state index contributed by atoms with van der Waals surface area (Å²) in [6, 6.07) is 6.40. The smallest absolute Gasteiger partial charge is 0.331 e. The molecule has 1 aromatic heterocycles. The first-order valence-electron chi connectivity index (χ1n) is 11.2. The van der Waals surface area contributed by atoms with Crippen LogP contribution >= 0.6 is 11.3 Å². The second-order valence-electron chi connectivity index (χ2n) is 7.90. The van der Waals surface area contributed by atoms with Gasteiger partial charge >= 0.3 is 5.97 Å². The minimum Gasteiger partial charge on any atom is -0.478 e. The molecule has 1 amide bonds. The molecule has 0 aliphatic carbocycles. The molecule has 0 saturated carbocycles. The van der Waals surface area contributed by atoms with Gasteiger partial charge in [0.15, 0.2) is 5.13 Å². The van der Waals surface area contributed by atoms with E-state index < -0.39 is 34.9 Å². The molecule has 3 rings (SSSR count). The topological polar surface area (TPSA) is 79.3 Å². The van der Waals surface area contributed by atoms with Gasteiger partial charge in [-0.3, -0.25) is 10.1 Å². The standard InChI is InChI=1S/C27H23F3N2O3S/c1-3-4-5-6-7-9-17-10-8-11-19(24(17)30)23-15-36-27(31-23)32-25(33)18-13-21(28)20(22(29)14-18)12-16(2)26(34)35/h8,10-15H,3-6H2,1-2H3,(H,34,35)(H,31,32,33)/b16-12+. The lowest BCUT2D eigenvalue weighted by molar-refractivity contribution is -0.132. The second kappa shape index (κ2) is 12.2. The number of nitrogens with zero attached hydrogens (tertiary/aromatic N) is 1. The largest absolute Gasteiger partial charge is 0.478 e. The summed E-state index contributed by atoms with van der Waals surface area (Å²) < 4.78 is 43.7. The van der Waals surface area contributed by atoms with E-state index in [1.807, 2.05) is 0 Å². The Morgan fingerprint density at radius 3 is 2.56 bits per heavy atom. The lowest BCUT2D eigenvalue weighted by Crippen LogP contribution is -2.13. The third-order valence-corrected chi connectivity index (χ3v) is 5.92. The van der Waals surface area contributed by atoms with E-state index >= 15 is 0 Å². The Hall–Kier alpha value is -3.90. The highest BCUT2D eigenvalue weighted by Crippen LogP contribution is 2.29. The van der Waals surface area contributed by atoms with E-state index in [0.717, 1.165) is 48.8 Å². The van der Waals surface area contributed by atoms with Crippen molar-refractivity contribution in [1.29, 1.82) is 0 Å². The molecule has 186 valence electrons. The van der Waals surface area contributed by atoms with E-state index in [0.29, 0.717) is 6.42 Å². The number of carboxylic acids is 1. The molecule has 0 spiro atoms. The first-order valence-corrected chi connectivity index (χ1v) is 12.0. The molecule has 3 aromatic rings. The summed E-state index contributed by atoms with van der Waals surface area (Å²) in [5.74, 6) is 0.978. The Balaban J connectivity index is 1.77. The van der Waals surface area contributed by atoms with Crippen molar-refractivity contribution in [3.8, 4) is 23.1 Å². The molecule has 1 heterocycles. The van der Waals surface area contributed by atoms with E-state index in [2.05, 4.69) is 29.1 Å². The Labute approximate surface area is 210 Å². The van der Waals surface area contributed by atoms with Gasteiger partial charge in [-0.25, -0.2) is 22.9 Å². The van der Waals surface area contributed by atoms with Gasteiger partial charge in [0.25, 0.3) is 5.91 Å². The van der Waals surface area contributed by atoms with Crippen LogP contribution in [0.15, 0.2) is 41.3 Å². The van der Waals surface area contributed by atoms with Crippen LogP contribution < -0.4 is 5.32 Å². The average molecular weight is 513 g/mol. The molecule has 2 aromatic carbocycles. The van der Waals surface area contributed by atoms with E-state index in [9.17, 15) is 22.8 Å². The van der Waals surface area contributed by atoms with Gasteiger partial charge in [0.2, 0.25) is 0 Å². The molecular weight excluding hydrogens is 489 g/mol. The molecule has 0 unspecified atom stereocenters. The molecule has 0 aliphatic heterocycles. The maximum absolute atomic E-state index is 15.0. The number of halogens is 3. The summed E-state index contributed by atoms with van der Waals surface area (Å²) >= 11 is 1.02. The zero-order valence-electron chi connectivity index (χ0n) is 19.6. The van der Waals surface area contributed by atoms with Gasteiger partial charge in [-0.05, 0) is 43.7 Å². The summed E-state index contributed by atoms with van der Waals surface area (Å²) in [7, 11) is 0. The van der Waals surface area contributed by atoms with Crippen molar-refractivity contribution in [2.24, 2.45) is 0 Å². The molecule has 0 bridgehead atoms. The minimum absolute atomic E-state index is 0.108. The van der Waals surface area contributed by atoms with Crippen LogP contribution in [-0.2, 0) is 4.79 Å². The number of thiazole rings is 1. The first kappa shape index (κ1) is 26.7. The zero-order chi connectivity index (χ0) is 26.2. The Morgan fingerprint density at radius 1 is 1.17 bits per heavy atom. The molecule has 0 radical (unpaired) electrons. The third kappa shape index (κ3) is 6.61. The highest BCUT2D eigenvalue weighted by atomic mass is 32.1. The van der Waals surface area contributed by atoms with Crippen molar-refractivity contribution in [3.05, 3.63) is 75.4 Å². The SMILES string of the molecule is CCCCCC#Cc1cccc(-c2csc(NC(=O)c3cc(F)c(/C=C(\C)C(=O)O)c(F)c3)n2)c1F. The molecule has 5 nitrogen and oxygen atoms in total. The maximum Gasteiger partial charge on any atom is 0.331 e. The fourth-order valence-electron chi connectivity index (χ4n) is 3.20. The van der Waals surface area contributed by atoms with E-state index in [4.69, 9.17) is 5.11 Å². The van der Waals surface area contributed by atoms with E-state index in [1.54, 1.807) is 23.6 Å². The van der Waals surface area contributed by atoms with Gasteiger partial charge < -0.3 is 5.11 Å². The Morgan fingerprint density at radius 2 is 1.89 bits per heavy atom. The van der Waals surface area contributed by atoms with E-state index in [-0.39, 0.29) is 33.1 Å². The van der Waals surface area contributed by atoms with Crippen molar-refractivity contribution >= 4 is 34.4 Å².